The number of para-hydroxylation sites is 3. The number of aromatic nitrogens is 3. The number of nitrogens with zero attached hydrogens (tertiary/aromatic N) is 3. The Morgan fingerprint density at radius 2 is 0.806 bits per heavy atom. The lowest BCUT2D eigenvalue weighted by Gasteiger charge is -2.11. The average Bonchev–Trinajstić information content (AvgIpc) is 3.95. The summed E-state index contributed by atoms with van der Waals surface area (Å²) >= 11 is 0. The smallest absolute Gasteiger partial charge is 0.0722 e. The van der Waals surface area contributed by atoms with Crippen LogP contribution in [0.15, 0.2) is 212 Å². The zero-order chi connectivity index (χ0) is 40.5. The molecule has 0 unspecified atom stereocenters. The average molecular weight is 786 g/mol. The maximum atomic E-state index is 5.19. The normalized spacial score (nSPS) is 12.2. The van der Waals surface area contributed by atoms with E-state index in [1.807, 2.05) is 0 Å². The van der Waals surface area contributed by atoms with E-state index in [0.717, 1.165) is 22.5 Å². The Kier molecular flexibility index (Phi) is 6.83. The molecule has 3 heteroatoms. The molecule has 14 rings (SSSR count). The Labute approximate surface area is 357 Å². The molecule has 0 saturated carbocycles. The summed E-state index contributed by atoms with van der Waals surface area (Å²) in [5, 5.41) is 11.2. The monoisotopic (exact) mass is 785 g/mol. The topological polar surface area (TPSA) is 22.8 Å². The van der Waals surface area contributed by atoms with Crippen LogP contribution in [0.25, 0.3) is 132 Å². The van der Waals surface area contributed by atoms with Gasteiger partial charge in [-0.25, -0.2) is 4.98 Å². The number of benzene rings is 10. The maximum Gasteiger partial charge on any atom is 0.0722 e. The fourth-order valence-corrected chi connectivity index (χ4v) is 10.5. The van der Waals surface area contributed by atoms with Gasteiger partial charge >= 0.3 is 0 Å². The summed E-state index contributed by atoms with van der Waals surface area (Å²) in [6.45, 7) is 0. The van der Waals surface area contributed by atoms with E-state index in [0.29, 0.717) is 0 Å². The summed E-state index contributed by atoms with van der Waals surface area (Å²) in [5.41, 5.74) is 17.8. The van der Waals surface area contributed by atoms with E-state index < -0.39 is 0 Å². The Balaban J connectivity index is 0.860. The summed E-state index contributed by atoms with van der Waals surface area (Å²) < 4.78 is 4.80. The van der Waals surface area contributed by atoms with Crippen LogP contribution in [0.5, 0.6) is 0 Å². The molecule has 3 nitrogen and oxygen atoms in total. The quantitative estimate of drug-likeness (QED) is 0.174. The van der Waals surface area contributed by atoms with E-state index >= 15 is 0 Å². The highest BCUT2D eigenvalue weighted by Crippen LogP contribution is 2.48. The van der Waals surface area contributed by atoms with Crippen molar-refractivity contribution in [2.45, 2.75) is 0 Å². The molecule has 10 aromatic carbocycles. The first-order valence-corrected chi connectivity index (χ1v) is 21.4. The Morgan fingerprint density at radius 3 is 1.44 bits per heavy atom. The van der Waals surface area contributed by atoms with Gasteiger partial charge in [-0.3, -0.25) is 0 Å². The van der Waals surface area contributed by atoms with Crippen LogP contribution in [0.4, 0.5) is 0 Å². The van der Waals surface area contributed by atoms with Crippen molar-refractivity contribution in [3.63, 3.8) is 0 Å². The maximum absolute atomic E-state index is 5.19. The zero-order valence-corrected chi connectivity index (χ0v) is 33.5. The molecule has 0 amide bonds. The van der Waals surface area contributed by atoms with Crippen molar-refractivity contribution in [3.05, 3.63) is 212 Å². The summed E-state index contributed by atoms with van der Waals surface area (Å²) in [6, 6.07) is 78.0. The molecule has 0 fully saturated rings. The molecule has 0 radical (unpaired) electrons. The van der Waals surface area contributed by atoms with Crippen LogP contribution in [-0.2, 0) is 0 Å². The van der Waals surface area contributed by atoms with Gasteiger partial charge in [-0.2, -0.15) is 0 Å². The molecular formula is C59H35N3. The predicted molar refractivity (Wildman–Crippen MR) is 261 cm³/mol. The van der Waals surface area contributed by atoms with E-state index in [1.165, 1.54) is 110 Å². The van der Waals surface area contributed by atoms with Crippen molar-refractivity contribution in [2.75, 3.05) is 0 Å². The highest BCUT2D eigenvalue weighted by Gasteiger charge is 2.23. The Bertz CT molecular complexity index is 4020. The Hall–Kier alpha value is -8.27. The van der Waals surface area contributed by atoms with Crippen molar-refractivity contribution in [3.8, 4) is 56.0 Å². The first-order valence-electron chi connectivity index (χ1n) is 21.4. The second-order valence-corrected chi connectivity index (χ2v) is 16.8. The summed E-state index contributed by atoms with van der Waals surface area (Å²) in [4.78, 5) is 5.19. The predicted octanol–water partition coefficient (Wildman–Crippen LogP) is 15.7. The molecule has 3 heterocycles. The zero-order valence-electron chi connectivity index (χ0n) is 33.5. The van der Waals surface area contributed by atoms with Gasteiger partial charge in [0.15, 0.2) is 0 Å². The third-order valence-corrected chi connectivity index (χ3v) is 13.4. The summed E-state index contributed by atoms with van der Waals surface area (Å²) in [7, 11) is 0. The lowest BCUT2D eigenvalue weighted by atomic mass is 9.97. The van der Waals surface area contributed by atoms with Gasteiger partial charge in [-0.05, 0) is 140 Å². The van der Waals surface area contributed by atoms with Crippen LogP contribution in [0.2, 0.25) is 0 Å². The van der Waals surface area contributed by atoms with Gasteiger partial charge < -0.3 is 9.13 Å². The second kappa shape index (κ2) is 12.6. The third kappa shape index (κ3) is 4.79. The molecule has 0 bridgehead atoms. The minimum absolute atomic E-state index is 0.993. The van der Waals surface area contributed by atoms with Crippen LogP contribution in [0.3, 0.4) is 0 Å². The highest BCUT2D eigenvalue weighted by atomic mass is 15.0. The molecule has 0 spiro atoms. The van der Waals surface area contributed by atoms with Crippen LogP contribution >= 0.6 is 0 Å². The molecule has 286 valence electrons. The number of hydrogen-bond donors (Lipinski definition) is 0. The molecule has 0 aliphatic heterocycles. The SMILES string of the molecule is c1ccc(-n2c3ccccc3c3cc4cc(-c5ccc6cc7c(cc6c5)c5ccccc5n7-c5ccc(-c6cc7c8c(cccc8n6)-c6ccccc6-7)cc5)ccc4cc32)cc1. The number of rotatable bonds is 4. The van der Waals surface area contributed by atoms with Crippen molar-refractivity contribution in [1.29, 1.82) is 0 Å². The summed E-state index contributed by atoms with van der Waals surface area (Å²) in [5.74, 6) is 0. The largest absolute Gasteiger partial charge is 0.309 e. The molecule has 3 aromatic heterocycles. The molecule has 13 aromatic rings. The van der Waals surface area contributed by atoms with Gasteiger partial charge in [0.25, 0.3) is 0 Å². The fourth-order valence-electron chi connectivity index (χ4n) is 10.5. The van der Waals surface area contributed by atoms with E-state index in [2.05, 4.69) is 221 Å². The molecule has 0 N–H and O–H groups in total. The number of hydrogen-bond acceptors (Lipinski definition) is 1. The molecule has 0 atom stereocenters. The van der Waals surface area contributed by atoms with E-state index in [9.17, 15) is 0 Å². The van der Waals surface area contributed by atoms with Gasteiger partial charge in [0.1, 0.15) is 0 Å². The minimum atomic E-state index is 0.993. The van der Waals surface area contributed by atoms with E-state index in [-0.39, 0.29) is 0 Å². The lowest BCUT2D eigenvalue weighted by Crippen LogP contribution is -1.94. The first-order chi connectivity index (χ1) is 30.7. The highest BCUT2D eigenvalue weighted by molar-refractivity contribution is 6.17. The first kappa shape index (κ1) is 33.5. The van der Waals surface area contributed by atoms with Crippen molar-refractivity contribution in [1.82, 2.24) is 14.1 Å². The van der Waals surface area contributed by atoms with Gasteiger partial charge in [-0.1, -0.05) is 127 Å². The fraction of sp³-hybridized carbons (Fsp3) is 0. The summed E-state index contributed by atoms with van der Waals surface area (Å²) in [6.07, 6.45) is 0. The third-order valence-electron chi connectivity index (χ3n) is 13.4. The van der Waals surface area contributed by atoms with Gasteiger partial charge in [0, 0.05) is 43.9 Å². The minimum Gasteiger partial charge on any atom is -0.309 e. The van der Waals surface area contributed by atoms with Crippen LogP contribution < -0.4 is 0 Å². The number of pyridine rings is 1. The van der Waals surface area contributed by atoms with Crippen molar-refractivity contribution < 1.29 is 0 Å². The van der Waals surface area contributed by atoms with Crippen molar-refractivity contribution in [2.24, 2.45) is 0 Å². The van der Waals surface area contributed by atoms with Crippen LogP contribution in [0, 0.1) is 0 Å². The molecule has 62 heavy (non-hydrogen) atoms. The van der Waals surface area contributed by atoms with E-state index in [1.54, 1.807) is 0 Å². The van der Waals surface area contributed by atoms with Crippen molar-refractivity contribution >= 4 is 76.1 Å². The molecule has 1 aliphatic rings. The van der Waals surface area contributed by atoms with Gasteiger partial charge in [-0.15, -0.1) is 0 Å². The van der Waals surface area contributed by atoms with Gasteiger partial charge in [0.2, 0.25) is 0 Å². The van der Waals surface area contributed by atoms with Crippen LogP contribution in [-0.4, -0.2) is 14.1 Å². The second-order valence-electron chi connectivity index (χ2n) is 16.8. The Morgan fingerprint density at radius 1 is 0.290 bits per heavy atom. The van der Waals surface area contributed by atoms with Crippen LogP contribution in [0.1, 0.15) is 0 Å². The van der Waals surface area contributed by atoms with E-state index in [4.69, 9.17) is 4.98 Å². The van der Waals surface area contributed by atoms with Gasteiger partial charge in [0.05, 0.1) is 33.3 Å². The number of fused-ring (bicyclic) bond motifs is 11. The molecule has 0 saturated heterocycles. The lowest BCUT2D eigenvalue weighted by molar-refractivity contribution is 1.18. The molecular weight excluding hydrogens is 751 g/mol. The standard InChI is InChI=1S/C59H35N3/c1-2-11-43(12-3-1)61-55-19-8-6-15-47(55)50-31-41-29-37(21-23-39(41)33-57(50)61)38-22-24-40-34-58-51(32-42(40)30-38)48-16-7-9-20-56(48)62(58)44-27-25-36(26-28-44)54-35-52-46-14-5-4-13-45(46)49-17-10-18-53(60-54)59(49)52/h1-35H. The molecule has 1 aliphatic carbocycles.